The Morgan fingerprint density at radius 3 is 2.48 bits per heavy atom. The lowest BCUT2D eigenvalue weighted by Gasteiger charge is -2.22. The Hall–Kier alpha value is -2.71. The molecule has 142 valence electrons. The maximum atomic E-state index is 12.4. The highest BCUT2D eigenvalue weighted by Gasteiger charge is 2.25. The van der Waals surface area contributed by atoms with Crippen LogP contribution in [0.3, 0.4) is 0 Å². The summed E-state index contributed by atoms with van der Waals surface area (Å²) < 4.78 is 28.4. The van der Waals surface area contributed by atoms with Gasteiger partial charge in [0.1, 0.15) is 10.7 Å². The summed E-state index contributed by atoms with van der Waals surface area (Å²) in [6.07, 6.45) is 0. The maximum absolute atomic E-state index is 12.4. The Morgan fingerprint density at radius 1 is 1.11 bits per heavy atom. The minimum absolute atomic E-state index is 0.107. The molecule has 2 aromatic rings. The van der Waals surface area contributed by atoms with Gasteiger partial charge in [-0.05, 0) is 44.2 Å². The quantitative estimate of drug-likeness (QED) is 0.823. The van der Waals surface area contributed by atoms with Crippen molar-refractivity contribution in [2.45, 2.75) is 18.7 Å². The Balaban J connectivity index is 1.65. The molecular weight excluding hydrogens is 364 g/mol. The van der Waals surface area contributed by atoms with E-state index < -0.39 is 10.0 Å². The number of benzene rings is 2. The van der Waals surface area contributed by atoms with E-state index >= 15 is 0 Å². The number of fused-ring (bicyclic) bond motifs is 1. The molecule has 2 aromatic carbocycles. The van der Waals surface area contributed by atoms with Crippen LogP contribution in [0.5, 0.6) is 0 Å². The van der Waals surface area contributed by atoms with Crippen LogP contribution < -0.4 is 10.6 Å². The summed E-state index contributed by atoms with van der Waals surface area (Å²) in [5.74, 6) is 0.116. The number of sulfonamides is 1. The largest absolute Gasteiger partial charge is 0.341 e. The Bertz CT molecular complexity index is 995. The lowest BCUT2D eigenvalue weighted by Crippen LogP contribution is -2.37. The maximum Gasteiger partial charge on any atom is 0.286 e. The minimum atomic E-state index is -3.73. The molecule has 0 spiro atoms. The van der Waals surface area contributed by atoms with E-state index in [4.69, 9.17) is 0 Å². The molecule has 0 unspecified atom stereocenters. The van der Waals surface area contributed by atoms with Gasteiger partial charge in [-0.25, -0.2) is 0 Å². The lowest BCUT2D eigenvalue weighted by atomic mass is 10.1. The smallest absolute Gasteiger partial charge is 0.286 e. The fourth-order valence-electron chi connectivity index (χ4n) is 2.98. The van der Waals surface area contributed by atoms with Crippen LogP contribution in [0.4, 0.5) is 11.4 Å². The molecule has 1 aliphatic heterocycles. The summed E-state index contributed by atoms with van der Waals surface area (Å²) in [5, 5.41) is 5.94. The van der Waals surface area contributed by atoms with Crippen LogP contribution in [0.15, 0.2) is 51.8 Å². The van der Waals surface area contributed by atoms with Gasteiger partial charge in [-0.15, -0.1) is 4.40 Å². The molecule has 0 radical (unpaired) electrons. The first-order valence-corrected chi connectivity index (χ1v) is 9.95. The predicted molar refractivity (Wildman–Crippen MR) is 107 cm³/mol. The second-order valence-electron chi connectivity index (χ2n) is 6.62. The molecule has 0 saturated carbocycles. The van der Waals surface area contributed by atoms with E-state index in [9.17, 15) is 13.2 Å². The molecule has 0 atom stereocenters. The zero-order valence-corrected chi connectivity index (χ0v) is 16.3. The molecule has 1 amide bonds. The number of amides is 1. The molecule has 0 fully saturated rings. The second-order valence-corrected chi connectivity index (χ2v) is 8.19. The number of para-hydroxylation sites is 2. The standard InChI is InChI=1S/C19H22N4O3S/c1-13-7-6-8-14(2)19(13)21-18(24)12-23(3)11-17-20-15-9-4-5-10-16(15)27(25,26)22-17/h4-10H,11-12H2,1-3H3,(H,20,22)(H,21,24). The van der Waals surface area contributed by atoms with Gasteiger partial charge in [0.25, 0.3) is 10.0 Å². The average molecular weight is 386 g/mol. The normalized spacial score (nSPS) is 14.9. The molecule has 0 saturated heterocycles. The lowest BCUT2D eigenvalue weighted by molar-refractivity contribution is -0.116. The number of hydrogen-bond donors (Lipinski definition) is 2. The summed E-state index contributed by atoms with van der Waals surface area (Å²) in [4.78, 5) is 14.2. The number of anilines is 2. The van der Waals surface area contributed by atoms with Gasteiger partial charge in [0.2, 0.25) is 5.91 Å². The summed E-state index contributed by atoms with van der Waals surface area (Å²) >= 11 is 0. The Labute approximate surface area is 159 Å². The number of carbonyl (C=O) groups is 1. The van der Waals surface area contributed by atoms with Crippen molar-refractivity contribution < 1.29 is 13.2 Å². The highest BCUT2D eigenvalue weighted by atomic mass is 32.2. The SMILES string of the molecule is Cc1cccc(C)c1NC(=O)CN(C)CC1=NS(=O)(=O)c2ccccc2N1. The van der Waals surface area contributed by atoms with Crippen molar-refractivity contribution in [3.63, 3.8) is 0 Å². The third-order valence-corrected chi connectivity index (χ3v) is 5.63. The molecule has 1 aliphatic rings. The monoisotopic (exact) mass is 386 g/mol. The van der Waals surface area contributed by atoms with Crippen LogP contribution in [0.1, 0.15) is 11.1 Å². The number of nitrogens with zero attached hydrogens (tertiary/aromatic N) is 2. The minimum Gasteiger partial charge on any atom is -0.341 e. The van der Waals surface area contributed by atoms with E-state index in [0.717, 1.165) is 16.8 Å². The van der Waals surface area contributed by atoms with E-state index in [0.29, 0.717) is 5.69 Å². The summed E-state index contributed by atoms with van der Waals surface area (Å²) in [5.41, 5.74) is 3.29. The van der Waals surface area contributed by atoms with Crippen LogP contribution in [0, 0.1) is 13.8 Å². The van der Waals surface area contributed by atoms with E-state index in [2.05, 4.69) is 15.0 Å². The first-order valence-electron chi connectivity index (χ1n) is 8.51. The van der Waals surface area contributed by atoms with Crippen molar-refractivity contribution in [2.24, 2.45) is 4.40 Å². The number of amidine groups is 1. The number of rotatable bonds is 5. The van der Waals surface area contributed by atoms with Gasteiger partial charge < -0.3 is 10.6 Å². The van der Waals surface area contributed by atoms with E-state index in [-0.39, 0.29) is 29.7 Å². The van der Waals surface area contributed by atoms with Gasteiger partial charge in [0.05, 0.1) is 18.8 Å². The molecular formula is C19H22N4O3S. The molecule has 7 nitrogen and oxygen atoms in total. The van der Waals surface area contributed by atoms with Gasteiger partial charge in [-0.3, -0.25) is 9.69 Å². The first-order chi connectivity index (χ1) is 12.8. The molecule has 8 heteroatoms. The fraction of sp³-hybridized carbons (Fsp3) is 0.263. The van der Waals surface area contributed by atoms with Gasteiger partial charge in [-0.1, -0.05) is 30.3 Å². The van der Waals surface area contributed by atoms with Crippen molar-refractivity contribution in [1.82, 2.24) is 4.90 Å². The van der Waals surface area contributed by atoms with Crippen molar-refractivity contribution >= 4 is 33.1 Å². The first kappa shape index (κ1) is 19.1. The molecule has 27 heavy (non-hydrogen) atoms. The van der Waals surface area contributed by atoms with Crippen LogP contribution in [0.25, 0.3) is 0 Å². The summed E-state index contributed by atoms with van der Waals surface area (Å²) in [6.45, 7) is 4.19. The average Bonchev–Trinajstić information content (AvgIpc) is 2.57. The van der Waals surface area contributed by atoms with Crippen molar-refractivity contribution in [3.8, 4) is 0 Å². The number of likely N-dealkylation sites (N-methyl/N-ethyl adjacent to an activating group) is 1. The number of hydrogen-bond acceptors (Lipinski definition) is 5. The highest BCUT2D eigenvalue weighted by molar-refractivity contribution is 7.90. The van der Waals surface area contributed by atoms with Crippen molar-refractivity contribution in [3.05, 3.63) is 53.6 Å². The zero-order valence-electron chi connectivity index (χ0n) is 15.5. The predicted octanol–water partition coefficient (Wildman–Crippen LogP) is 2.39. The number of nitrogens with one attached hydrogen (secondary N) is 2. The third-order valence-electron chi connectivity index (χ3n) is 4.25. The van der Waals surface area contributed by atoms with Gasteiger partial charge in [0.15, 0.2) is 0 Å². The fourth-order valence-corrected chi connectivity index (χ4v) is 4.12. The van der Waals surface area contributed by atoms with Crippen LogP contribution in [0.2, 0.25) is 0 Å². The third kappa shape index (κ3) is 4.35. The Kier molecular flexibility index (Phi) is 5.29. The van der Waals surface area contributed by atoms with Crippen molar-refractivity contribution in [2.75, 3.05) is 30.8 Å². The molecule has 1 heterocycles. The van der Waals surface area contributed by atoms with E-state index in [1.807, 2.05) is 32.0 Å². The van der Waals surface area contributed by atoms with E-state index in [1.165, 1.54) is 6.07 Å². The van der Waals surface area contributed by atoms with Gasteiger partial charge >= 0.3 is 0 Å². The van der Waals surface area contributed by atoms with Crippen LogP contribution >= 0.6 is 0 Å². The number of carbonyl (C=O) groups excluding carboxylic acids is 1. The number of aryl methyl sites for hydroxylation is 2. The van der Waals surface area contributed by atoms with E-state index in [1.54, 1.807) is 30.1 Å². The second kappa shape index (κ2) is 7.50. The van der Waals surface area contributed by atoms with Gasteiger partial charge in [0, 0.05) is 5.69 Å². The van der Waals surface area contributed by atoms with Crippen molar-refractivity contribution in [1.29, 1.82) is 0 Å². The summed E-state index contributed by atoms with van der Waals surface area (Å²) in [7, 11) is -1.99. The molecule has 0 aromatic heterocycles. The highest BCUT2D eigenvalue weighted by Crippen LogP contribution is 2.26. The van der Waals surface area contributed by atoms with Gasteiger partial charge in [-0.2, -0.15) is 8.42 Å². The summed E-state index contributed by atoms with van der Waals surface area (Å²) in [6, 6.07) is 12.4. The molecule has 2 N–H and O–H groups in total. The molecule has 0 bridgehead atoms. The Morgan fingerprint density at radius 2 is 1.78 bits per heavy atom. The van der Waals surface area contributed by atoms with Crippen LogP contribution in [-0.2, 0) is 14.8 Å². The molecule has 3 rings (SSSR count). The van der Waals surface area contributed by atoms with Crippen LogP contribution in [-0.4, -0.2) is 45.2 Å². The molecule has 0 aliphatic carbocycles. The zero-order chi connectivity index (χ0) is 19.6. The topological polar surface area (TPSA) is 90.9 Å².